The van der Waals surface area contributed by atoms with Crippen LogP contribution in [-0.4, -0.2) is 39.8 Å². The lowest BCUT2D eigenvalue weighted by atomic mass is 10.1. The fourth-order valence-electron chi connectivity index (χ4n) is 2.58. The van der Waals surface area contributed by atoms with Crippen molar-refractivity contribution >= 4 is 28.5 Å². The molecule has 0 aliphatic carbocycles. The van der Waals surface area contributed by atoms with E-state index in [1.165, 1.54) is 26.5 Å². The third-order valence-corrected chi connectivity index (χ3v) is 4.12. The van der Waals surface area contributed by atoms with Crippen LogP contribution in [0.25, 0.3) is 10.9 Å². The SMILES string of the molecule is COc1ccc(Cn2c(C(=O)O)nc3c(Cl)nccc3c2=O)c(OC)c1. The minimum atomic E-state index is -1.35. The molecule has 0 aliphatic heterocycles. The second kappa shape index (κ2) is 7.01. The second-order valence-corrected chi connectivity index (χ2v) is 5.67. The van der Waals surface area contributed by atoms with Gasteiger partial charge in [-0.25, -0.2) is 14.8 Å². The van der Waals surface area contributed by atoms with Crippen molar-refractivity contribution in [2.24, 2.45) is 0 Å². The number of nitrogens with zero attached hydrogens (tertiary/aromatic N) is 3. The number of pyridine rings is 1. The molecule has 3 aromatic rings. The van der Waals surface area contributed by atoms with Crippen LogP contribution in [0.1, 0.15) is 16.2 Å². The summed E-state index contributed by atoms with van der Waals surface area (Å²) < 4.78 is 11.5. The van der Waals surface area contributed by atoms with Crippen molar-refractivity contribution in [2.75, 3.05) is 14.2 Å². The summed E-state index contributed by atoms with van der Waals surface area (Å²) >= 11 is 5.95. The fraction of sp³-hybridized carbons (Fsp3) is 0.176. The van der Waals surface area contributed by atoms with Crippen molar-refractivity contribution < 1.29 is 19.4 Å². The average Bonchev–Trinajstić information content (AvgIpc) is 2.64. The Morgan fingerprint density at radius 2 is 2.04 bits per heavy atom. The summed E-state index contributed by atoms with van der Waals surface area (Å²) in [5.74, 6) is -0.752. The lowest BCUT2D eigenvalue weighted by Gasteiger charge is -2.14. The zero-order chi connectivity index (χ0) is 18.8. The Kier molecular flexibility index (Phi) is 4.77. The van der Waals surface area contributed by atoms with E-state index in [4.69, 9.17) is 21.1 Å². The number of rotatable bonds is 5. The van der Waals surface area contributed by atoms with Crippen LogP contribution in [0.3, 0.4) is 0 Å². The number of methoxy groups -OCH3 is 2. The highest BCUT2D eigenvalue weighted by molar-refractivity contribution is 6.33. The maximum Gasteiger partial charge on any atom is 0.372 e. The Bertz CT molecular complexity index is 1060. The Balaban J connectivity index is 2.22. The lowest BCUT2D eigenvalue weighted by molar-refractivity contribution is 0.0677. The number of carboxylic acid groups (broad SMARTS) is 1. The third kappa shape index (κ3) is 3.06. The molecule has 0 spiro atoms. The number of hydrogen-bond donors (Lipinski definition) is 1. The molecule has 2 aromatic heterocycles. The molecule has 0 fully saturated rings. The number of fused-ring (bicyclic) bond motifs is 1. The molecule has 0 atom stereocenters. The van der Waals surface area contributed by atoms with Crippen molar-refractivity contribution in [1.82, 2.24) is 14.5 Å². The summed E-state index contributed by atoms with van der Waals surface area (Å²) in [4.78, 5) is 32.3. The van der Waals surface area contributed by atoms with Gasteiger partial charge >= 0.3 is 5.97 Å². The van der Waals surface area contributed by atoms with E-state index in [9.17, 15) is 14.7 Å². The van der Waals surface area contributed by atoms with E-state index >= 15 is 0 Å². The number of carboxylic acids is 1. The Hall–Kier alpha value is -3.13. The molecule has 8 nitrogen and oxygen atoms in total. The predicted molar refractivity (Wildman–Crippen MR) is 94.4 cm³/mol. The van der Waals surface area contributed by atoms with Gasteiger partial charge in [0.15, 0.2) is 5.15 Å². The van der Waals surface area contributed by atoms with Crippen LogP contribution in [-0.2, 0) is 6.54 Å². The Labute approximate surface area is 152 Å². The molecular weight excluding hydrogens is 362 g/mol. The van der Waals surface area contributed by atoms with E-state index < -0.39 is 17.4 Å². The van der Waals surface area contributed by atoms with Gasteiger partial charge in [-0.1, -0.05) is 11.6 Å². The zero-order valence-electron chi connectivity index (χ0n) is 13.9. The molecule has 9 heteroatoms. The zero-order valence-corrected chi connectivity index (χ0v) is 14.6. The van der Waals surface area contributed by atoms with Gasteiger partial charge in [-0.05, 0) is 18.2 Å². The Morgan fingerprint density at radius 1 is 1.27 bits per heavy atom. The predicted octanol–water partition coefficient (Wildman–Crippen LogP) is 2.21. The highest BCUT2D eigenvalue weighted by atomic mass is 35.5. The first-order valence-electron chi connectivity index (χ1n) is 7.45. The first-order chi connectivity index (χ1) is 12.5. The molecule has 0 bridgehead atoms. The quantitative estimate of drug-likeness (QED) is 0.682. The molecule has 0 amide bonds. The fourth-order valence-corrected chi connectivity index (χ4v) is 2.78. The maximum absolute atomic E-state index is 12.8. The topological polar surface area (TPSA) is 104 Å². The van der Waals surface area contributed by atoms with Crippen LogP contribution in [0.5, 0.6) is 11.5 Å². The van der Waals surface area contributed by atoms with E-state index in [-0.39, 0.29) is 22.6 Å². The van der Waals surface area contributed by atoms with E-state index in [2.05, 4.69) is 9.97 Å². The standard InChI is InChI=1S/C17H14ClN3O5/c1-25-10-4-3-9(12(7-10)26-2)8-21-15(17(23)24)20-13-11(16(21)22)5-6-19-14(13)18/h3-7H,8H2,1-2H3,(H,23,24). The van der Waals surface area contributed by atoms with Gasteiger partial charge in [0, 0.05) is 17.8 Å². The van der Waals surface area contributed by atoms with Gasteiger partial charge in [0.25, 0.3) is 5.56 Å². The monoisotopic (exact) mass is 375 g/mol. The smallest absolute Gasteiger partial charge is 0.372 e. The lowest BCUT2D eigenvalue weighted by Crippen LogP contribution is -2.28. The van der Waals surface area contributed by atoms with Crippen LogP contribution in [0.2, 0.25) is 5.15 Å². The number of carbonyl (C=O) groups is 1. The molecule has 0 unspecified atom stereocenters. The normalized spacial score (nSPS) is 10.7. The van der Waals surface area contributed by atoms with Gasteiger partial charge in [-0.3, -0.25) is 9.36 Å². The average molecular weight is 376 g/mol. The number of halogens is 1. The summed E-state index contributed by atoms with van der Waals surface area (Å²) in [6.45, 7) is -0.0451. The highest BCUT2D eigenvalue weighted by Gasteiger charge is 2.19. The van der Waals surface area contributed by atoms with Crippen molar-refractivity contribution in [1.29, 1.82) is 0 Å². The minimum absolute atomic E-state index is 0.0312. The number of ether oxygens (including phenoxy) is 2. The molecule has 0 saturated carbocycles. The Morgan fingerprint density at radius 3 is 2.69 bits per heavy atom. The molecule has 0 aliphatic rings. The van der Waals surface area contributed by atoms with Crippen molar-refractivity contribution in [3.05, 3.63) is 57.4 Å². The van der Waals surface area contributed by atoms with E-state index in [0.717, 1.165) is 4.57 Å². The van der Waals surface area contributed by atoms with Crippen LogP contribution < -0.4 is 15.0 Å². The van der Waals surface area contributed by atoms with E-state index in [0.29, 0.717) is 17.1 Å². The number of benzene rings is 1. The molecule has 3 rings (SSSR count). The van der Waals surface area contributed by atoms with Crippen LogP contribution >= 0.6 is 11.6 Å². The summed E-state index contributed by atoms with van der Waals surface area (Å²) in [6.07, 6.45) is 1.37. The molecule has 1 N–H and O–H groups in total. The number of aromatic nitrogens is 3. The summed E-state index contributed by atoms with van der Waals surface area (Å²) in [6, 6.07) is 6.48. The maximum atomic E-state index is 12.8. The molecule has 0 radical (unpaired) electrons. The first-order valence-corrected chi connectivity index (χ1v) is 7.83. The molecule has 134 valence electrons. The molecule has 26 heavy (non-hydrogen) atoms. The highest BCUT2D eigenvalue weighted by Crippen LogP contribution is 2.25. The van der Waals surface area contributed by atoms with Gasteiger partial charge in [0.1, 0.15) is 17.0 Å². The second-order valence-electron chi connectivity index (χ2n) is 5.31. The van der Waals surface area contributed by atoms with Crippen molar-refractivity contribution in [2.45, 2.75) is 6.54 Å². The van der Waals surface area contributed by atoms with Gasteiger partial charge in [0.2, 0.25) is 5.82 Å². The van der Waals surface area contributed by atoms with Crippen LogP contribution in [0.4, 0.5) is 0 Å². The van der Waals surface area contributed by atoms with Gasteiger partial charge in [-0.2, -0.15) is 0 Å². The van der Waals surface area contributed by atoms with Gasteiger partial charge in [0.05, 0.1) is 26.2 Å². The summed E-state index contributed by atoms with van der Waals surface area (Å²) in [5.41, 5.74) is 0.114. The van der Waals surface area contributed by atoms with Crippen molar-refractivity contribution in [3.8, 4) is 11.5 Å². The van der Waals surface area contributed by atoms with Crippen molar-refractivity contribution in [3.63, 3.8) is 0 Å². The largest absolute Gasteiger partial charge is 0.497 e. The first kappa shape index (κ1) is 17.7. The molecular formula is C17H14ClN3O5. The number of aromatic carboxylic acids is 1. The molecule has 2 heterocycles. The summed E-state index contributed by atoms with van der Waals surface area (Å²) in [7, 11) is 3.00. The van der Waals surface area contributed by atoms with Crippen LogP contribution in [0.15, 0.2) is 35.3 Å². The van der Waals surface area contributed by atoms with Gasteiger partial charge in [-0.15, -0.1) is 0 Å². The molecule has 1 aromatic carbocycles. The minimum Gasteiger partial charge on any atom is -0.497 e. The van der Waals surface area contributed by atoms with Gasteiger partial charge < -0.3 is 14.6 Å². The summed E-state index contributed by atoms with van der Waals surface area (Å²) in [5, 5.41) is 9.64. The van der Waals surface area contributed by atoms with E-state index in [1.807, 2.05) is 0 Å². The number of hydrogen-bond acceptors (Lipinski definition) is 6. The molecule has 0 saturated heterocycles. The third-order valence-electron chi connectivity index (χ3n) is 3.84. The van der Waals surface area contributed by atoms with E-state index in [1.54, 1.807) is 18.2 Å². The van der Waals surface area contributed by atoms with Crippen LogP contribution in [0, 0.1) is 0 Å².